The monoisotopic (exact) mass is 217 g/mol. The summed E-state index contributed by atoms with van der Waals surface area (Å²) in [7, 11) is -2.17. The van der Waals surface area contributed by atoms with Gasteiger partial charge in [-0.25, -0.2) is 9.05 Å². The molecular weight excluding hydrogens is 199 g/mol. The molecule has 0 amide bonds. The van der Waals surface area contributed by atoms with Gasteiger partial charge in [0.2, 0.25) is 0 Å². The topological polar surface area (TPSA) is 35.5 Å². The molecule has 0 aliphatic rings. The molecule has 0 fully saturated rings. The Balaban J connectivity index is 4.00. The van der Waals surface area contributed by atoms with Gasteiger partial charge < -0.3 is 0 Å². The van der Waals surface area contributed by atoms with E-state index in [9.17, 15) is 4.57 Å². The van der Waals surface area contributed by atoms with Crippen LogP contribution in [0.3, 0.4) is 0 Å². The van der Waals surface area contributed by atoms with Crippen LogP contribution in [0, 0.1) is 11.8 Å². The van der Waals surface area contributed by atoms with E-state index in [1.165, 1.54) is 0 Å². The Kier molecular flexibility index (Phi) is 5.47. The van der Waals surface area contributed by atoms with Crippen molar-refractivity contribution in [3.05, 3.63) is 24.7 Å². The lowest BCUT2D eigenvalue weighted by Gasteiger charge is -2.03. The predicted octanol–water partition coefficient (Wildman–Crippen LogP) is 4.02. The maximum atomic E-state index is 11.3. The molecule has 0 aromatic heterocycles. The molecule has 80 valence electrons. The molecular formula is C10H18O3P+. The molecule has 14 heavy (non-hydrogen) atoms. The maximum Gasteiger partial charge on any atom is 0.804 e. The zero-order valence-electron chi connectivity index (χ0n) is 9.24. The molecule has 0 N–H and O–H groups in total. The van der Waals surface area contributed by atoms with E-state index in [1.54, 1.807) is 0 Å². The fourth-order valence-electron chi connectivity index (χ4n) is 0.421. The van der Waals surface area contributed by atoms with Crippen LogP contribution in [-0.4, -0.2) is 0 Å². The van der Waals surface area contributed by atoms with Crippen LogP contribution in [-0.2, 0) is 13.6 Å². The Morgan fingerprint density at radius 1 is 1.00 bits per heavy atom. The molecule has 3 nitrogen and oxygen atoms in total. The molecule has 0 unspecified atom stereocenters. The molecule has 0 spiro atoms. The standard InChI is InChI=1S/C10H18O3P/c1-7(2)9(5)12-14(11)13-10(6)8(3)4/h7-8H,5-6H2,1-4H3/q+1. The number of allylic oxidation sites excluding steroid dienone is 2. The number of rotatable bonds is 6. The summed E-state index contributed by atoms with van der Waals surface area (Å²) in [4.78, 5) is 0. The van der Waals surface area contributed by atoms with Gasteiger partial charge in [-0.15, -0.1) is 0 Å². The first-order chi connectivity index (χ1) is 6.34. The third kappa shape index (κ3) is 5.03. The van der Waals surface area contributed by atoms with Crippen LogP contribution < -0.4 is 0 Å². The van der Waals surface area contributed by atoms with Crippen LogP contribution in [0.15, 0.2) is 24.7 Å². The van der Waals surface area contributed by atoms with E-state index in [0.717, 1.165) is 0 Å². The van der Waals surface area contributed by atoms with Gasteiger partial charge in [-0.05, 0) is 0 Å². The second kappa shape index (κ2) is 5.82. The van der Waals surface area contributed by atoms with Crippen LogP contribution >= 0.6 is 8.25 Å². The molecule has 0 atom stereocenters. The van der Waals surface area contributed by atoms with E-state index in [2.05, 4.69) is 13.2 Å². The molecule has 0 aliphatic carbocycles. The van der Waals surface area contributed by atoms with Crippen molar-refractivity contribution < 1.29 is 13.6 Å². The smallest absolute Gasteiger partial charge is 0.227 e. The van der Waals surface area contributed by atoms with Gasteiger partial charge in [-0.2, -0.15) is 0 Å². The molecule has 0 aromatic rings. The Morgan fingerprint density at radius 2 is 1.29 bits per heavy atom. The molecule has 0 aliphatic heterocycles. The van der Waals surface area contributed by atoms with E-state index >= 15 is 0 Å². The maximum absolute atomic E-state index is 11.3. The van der Waals surface area contributed by atoms with Crippen molar-refractivity contribution in [2.24, 2.45) is 11.8 Å². The van der Waals surface area contributed by atoms with Gasteiger partial charge >= 0.3 is 8.25 Å². The lowest BCUT2D eigenvalue weighted by molar-refractivity contribution is 0.279. The van der Waals surface area contributed by atoms with Crippen LogP contribution in [0.25, 0.3) is 0 Å². The van der Waals surface area contributed by atoms with Crippen LogP contribution in [0.1, 0.15) is 27.7 Å². The first-order valence-electron chi connectivity index (χ1n) is 4.55. The first kappa shape index (κ1) is 13.2. The van der Waals surface area contributed by atoms with Gasteiger partial charge in [0.25, 0.3) is 0 Å². The molecule has 0 saturated heterocycles. The molecule has 0 heterocycles. The molecule has 0 aromatic carbocycles. The zero-order valence-corrected chi connectivity index (χ0v) is 10.1. The highest BCUT2D eigenvalue weighted by Gasteiger charge is 2.27. The van der Waals surface area contributed by atoms with Gasteiger partial charge in [0.1, 0.15) is 0 Å². The number of hydrogen-bond donors (Lipinski definition) is 0. The van der Waals surface area contributed by atoms with Gasteiger partial charge in [0.05, 0.1) is 0 Å². The second-order valence-corrected chi connectivity index (χ2v) is 4.46. The summed E-state index contributed by atoms with van der Waals surface area (Å²) >= 11 is 0. The van der Waals surface area contributed by atoms with Crippen molar-refractivity contribution in [3.8, 4) is 0 Å². The highest BCUT2D eigenvalue weighted by atomic mass is 31.1. The summed E-state index contributed by atoms with van der Waals surface area (Å²) in [5.74, 6) is 1.18. The van der Waals surface area contributed by atoms with Crippen LogP contribution in [0.4, 0.5) is 0 Å². The SMILES string of the molecule is C=C(O[P+](=O)OC(=C)C(C)C)C(C)C. The van der Waals surface area contributed by atoms with Gasteiger partial charge in [-0.3, -0.25) is 0 Å². The third-order valence-corrected chi connectivity index (χ3v) is 2.44. The Hall–Kier alpha value is -0.820. The van der Waals surface area contributed by atoms with Gasteiger partial charge in [0, 0.05) is 16.4 Å². The largest absolute Gasteiger partial charge is 0.804 e. The minimum Gasteiger partial charge on any atom is -0.227 e. The lowest BCUT2D eigenvalue weighted by Crippen LogP contribution is -1.96. The van der Waals surface area contributed by atoms with E-state index < -0.39 is 8.25 Å². The molecule has 0 radical (unpaired) electrons. The van der Waals surface area contributed by atoms with E-state index in [4.69, 9.17) is 9.05 Å². The van der Waals surface area contributed by atoms with Crippen molar-refractivity contribution in [3.63, 3.8) is 0 Å². The van der Waals surface area contributed by atoms with Gasteiger partial charge in [0.15, 0.2) is 11.5 Å². The minimum atomic E-state index is -2.17. The van der Waals surface area contributed by atoms with Crippen LogP contribution in [0.2, 0.25) is 0 Å². The Labute approximate surface area is 86.7 Å². The fourth-order valence-corrected chi connectivity index (χ4v) is 1.26. The minimum absolute atomic E-state index is 0.130. The quantitative estimate of drug-likeness (QED) is 0.498. The summed E-state index contributed by atoms with van der Waals surface area (Å²) in [5.41, 5.74) is 0. The first-order valence-corrected chi connectivity index (χ1v) is 5.65. The van der Waals surface area contributed by atoms with E-state index in [1.807, 2.05) is 27.7 Å². The van der Waals surface area contributed by atoms with Crippen molar-refractivity contribution >= 4 is 8.25 Å². The van der Waals surface area contributed by atoms with E-state index in [0.29, 0.717) is 11.5 Å². The Morgan fingerprint density at radius 3 is 1.50 bits per heavy atom. The molecule has 0 bridgehead atoms. The normalized spacial score (nSPS) is 10.1. The molecule has 4 heteroatoms. The average molecular weight is 217 g/mol. The van der Waals surface area contributed by atoms with Crippen molar-refractivity contribution in [1.29, 1.82) is 0 Å². The van der Waals surface area contributed by atoms with Crippen molar-refractivity contribution in [2.75, 3.05) is 0 Å². The highest BCUT2D eigenvalue weighted by molar-refractivity contribution is 7.33. The van der Waals surface area contributed by atoms with Crippen LogP contribution in [0.5, 0.6) is 0 Å². The summed E-state index contributed by atoms with van der Waals surface area (Å²) in [6.07, 6.45) is 0. The Bertz CT molecular complexity index is 220. The third-order valence-electron chi connectivity index (χ3n) is 1.67. The molecule has 0 rings (SSSR count). The highest BCUT2D eigenvalue weighted by Crippen LogP contribution is 2.33. The van der Waals surface area contributed by atoms with Crippen molar-refractivity contribution in [1.82, 2.24) is 0 Å². The lowest BCUT2D eigenvalue weighted by atomic mass is 10.2. The summed E-state index contributed by atoms with van der Waals surface area (Å²) < 4.78 is 21.2. The van der Waals surface area contributed by atoms with Gasteiger partial charge in [-0.1, -0.05) is 40.9 Å². The van der Waals surface area contributed by atoms with Crippen molar-refractivity contribution in [2.45, 2.75) is 27.7 Å². The fraction of sp³-hybridized carbons (Fsp3) is 0.600. The average Bonchev–Trinajstić information content (AvgIpc) is 2.03. The molecule has 0 saturated carbocycles. The number of hydrogen-bond acceptors (Lipinski definition) is 3. The second-order valence-electron chi connectivity index (χ2n) is 3.65. The summed E-state index contributed by atoms with van der Waals surface area (Å²) in [6.45, 7) is 14.9. The zero-order chi connectivity index (χ0) is 11.3. The summed E-state index contributed by atoms with van der Waals surface area (Å²) in [6, 6.07) is 0. The summed E-state index contributed by atoms with van der Waals surface area (Å²) in [5, 5.41) is 0. The predicted molar refractivity (Wildman–Crippen MR) is 57.7 cm³/mol. The van der Waals surface area contributed by atoms with E-state index in [-0.39, 0.29) is 11.8 Å².